The average molecular weight is 270 g/mol. The Morgan fingerprint density at radius 1 is 1.16 bits per heavy atom. The molecule has 1 N–H and O–H groups in total. The van der Waals surface area contributed by atoms with Crippen LogP contribution in [0, 0.1) is 5.92 Å². The van der Waals surface area contributed by atoms with Crippen LogP contribution in [0.1, 0.15) is 51.9 Å². The van der Waals surface area contributed by atoms with Gasteiger partial charge in [0.15, 0.2) is 0 Å². The third-order valence-corrected chi connectivity index (χ3v) is 4.37. The van der Waals surface area contributed by atoms with Crippen LogP contribution < -0.4 is 5.32 Å². The van der Waals surface area contributed by atoms with Crippen molar-refractivity contribution in [1.29, 1.82) is 0 Å². The summed E-state index contributed by atoms with van der Waals surface area (Å²) in [4.78, 5) is 2.35. The lowest BCUT2D eigenvalue weighted by Gasteiger charge is -2.29. The van der Waals surface area contributed by atoms with Gasteiger partial charge in [-0.25, -0.2) is 0 Å². The van der Waals surface area contributed by atoms with Gasteiger partial charge in [-0.2, -0.15) is 0 Å². The van der Waals surface area contributed by atoms with E-state index in [1.165, 1.54) is 58.0 Å². The van der Waals surface area contributed by atoms with Gasteiger partial charge < -0.3 is 15.0 Å². The van der Waals surface area contributed by atoms with Crippen LogP contribution >= 0.6 is 0 Å². The number of methoxy groups -OCH3 is 1. The molecule has 0 bridgehead atoms. The average Bonchev–Trinajstić information content (AvgIpc) is 2.43. The summed E-state index contributed by atoms with van der Waals surface area (Å²) >= 11 is 0. The van der Waals surface area contributed by atoms with E-state index >= 15 is 0 Å². The zero-order valence-electron chi connectivity index (χ0n) is 13.3. The van der Waals surface area contributed by atoms with Gasteiger partial charge >= 0.3 is 0 Å². The molecule has 1 rings (SSSR count). The molecule has 3 nitrogen and oxygen atoms in total. The van der Waals surface area contributed by atoms with Crippen molar-refractivity contribution in [1.82, 2.24) is 10.2 Å². The molecule has 0 aromatic heterocycles. The molecule has 0 aromatic rings. The molecule has 1 aliphatic rings. The van der Waals surface area contributed by atoms with E-state index in [0.717, 1.165) is 25.1 Å². The second-order valence-electron chi connectivity index (χ2n) is 6.11. The third-order valence-electron chi connectivity index (χ3n) is 4.37. The monoisotopic (exact) mass is 270 g/mol. The van der Waals surface area contributed by atoms with Crippen molar-refractivity contribution in [3.05, 3.63) is 0 Å². The van der Waals surface area contributed by atoms with Gasteiger partial charge in [-0.3, -0.25) is 0 Å². The Hall–Kier alpha value is -0.120. The van der Waals surface area contributed by atoms with Gasteiger partial charge in [-0.15, -0.1) is 0 Å². The van der Waals surface area contributed by atoms with Crippen LogP contribution in [-0.4, -0.2) is 51.3 Å². The summed E-state index contributed by atoms with van der Waals surface area (Å²) in [5.41, 5.74) is 0. The van der Waals surface area contributed by atoms with Gasteiger partial charge in [-0.05, 0) is 58.2 Å². The molecule has 114 valence electrons. The quantitative estimate of drug-likeness (QED) is 0.618. The summed E-state index contributed by atoms with van der Waals surface area (Å²) in [5.74, 6) is 1.02. The lowest BCUT2D eigenvalue weighted by Crippen LogP contribution is -2.35. The van der Waals surface area contributed by atoms with Gasteiger partial charge in [0.25, 0.3) is 0 Å². The Morgan fingerprint density at radius 3 is 2.53 bits per heavy atom. The maximum atomic E-state index is 5.09. The highest BCUT2D eigenvalue weighted by Crippen LogP contribution is 2.27. The van der Waals surface area contributed by atoms with Gasteiger partial charge in [0.1, 0.15) is 0 Å². The minimum Gasteiger partial charge on any atom is -0.383 e. The summed E-state index contributed by atoms with van der Waals surface area (Å²) in [6, 6.07) is 0.789. The predicted octanol–water partition coefficient (Wildman–Crippen LogP) is 2.90. The summed E-state index contributed by atoms with van der Waals surface area (Å²) in [7, 11) is 3.94. The highest BCUT2D eigenvalue weighted by Gasteiger charge is 2.19. The number of hydrogen-bond acceptors (Lipinski definition) is 3. The maximum Gasteiger partial charge on any atom is 0.0589 e. The van der Waals surface area contributed by atoms with Crippen LogP contribution in [0.3, 0.4) is 0 Å². The van der Waals surface area contributed by atoms with Crippen LogP contribution in [0.5, 0.6) is 0 Å². The first kappa shape index (κ1) is 16.9. The lowest BCUT2D eigenvalue weighted by molar-refractivity contribution is 0.160. The van der Waals surface area contributed by atoms with Crippen LogP contribution in [-0.2, 0) is 4.74 Å². The molecule has 0 heterocycles. The topological polar surface area (TPSA) is 24.5 Å². The van der Waals surface area contributed by atoms with Crippen molar-refractivity contribution in [3.8, 4) is 0 Å². The van der Waals surface area contributed by atoms with Gasteiger partial charge in [0.2, 0.25) is 0 Å². The van der Waals surface area contributed by atoms with Gasteiger partial charge in [0.05, 0.1) is 6.61 Å². The molecule has 1 saturated carbocycles. The molecular formula is C16H34N2O. The van der Waals surface area contributed by atoms with E-state index < -0.39 is 0 Å². The van der Waals surface area contributed by atoms with E-state index in [1.807, 2.05) is 0 Å². The standard InChI is InChI=1S/C16H34N2O/c1-4-6-15-7-9-16(10-8-15)17-11-5-12-18(2)13-14-19-3/h15-17H,4-14H2,1-3H3. The molecule has 0 radical (unpaired) electrons. The largest absolute Gasteiger partial charge is 0.383 e. The number of likely N-dealkylation sites (N-methyl/N-ethyl adjacent to an activating group) is 1. The summed E-state index contributed by atoms with van der Waals surface area (Å²) in [6.45, 7) is 6.52. The number of hydrogen-bond donors (Lipinski definition) is 1. The molecular weight excluding hydrogens is 236 g/mol. The van der Waals surface area contributed by atoms with Crippen LogP contribution in [0.4, 0.5) is 0 Å². The smallest absolute Gasteiger partial charge is 0.0589 e. The van der Waals surface area contributed by atoms with E-state index in [9.17, 15) is 0 Å². The number of rotatable bonds is 10. The zero-order chi connectivity index (χ0) is 13.9. The van der Waals surface area contributed by atoms with Crippen molar-refractivity contribution in [2.45, 2.75) is 57.9 Å². The fraction of sp³-hybridized carbons (Fsp3) is 1.00. The minimum absolute atomic E-state index is 0.789. The summed E-state index contributed by atoms with van der Waals surface area (Å²) < 4.78 is 5.09. The zero-order valence-corrected chi connectivity index (χ0v) is 13.3. The highest BCUT2D eigenvalue weighted by molar-refractivity contribution is 4.77. The Balaban J connectivity index is 1.96. The number of nitrogens with one attached hydrogen (secondary N) is 1. The molecule has 1 aliphatic carbocycles. The van der Waals surface area contributed by atoms with Gasteiger partial charge in [-0.1, -0.05) is 19.8 Å². The Kier molecular flexibility index (Phi) is 9.48. The first-order chi connectivity index (χ1) is 9.26. The fourth-order valence-corrected chi connectivity index (χ4v) is 3.08. The first-order valence-corrected chi connectivity index (χ1v) is 8.17. The molecule has 0 unspecified atom stereocenters. The van der Waals surface area contributed by atoms with E-state index in [1.54, 1.807) is 7.11 Å². The maximum absolute atomic E-state index is 5.09. The van der Waals surface area contributed by atoms with Crippen molar-refractivity contribution in [2.75, 3.05) is 40.4 Å². The Labute approximate surface area is 120 Å². The van der Waals surface area contributed by atoms with E-state index in [0.29, 0.717) is 0 Å². The Bertz CT molecular complexity index is 203. The number of ether oxygens (including phenoxy) is 1. The molecule has 1 fully saturated rings. The lowest BCUT2D eigenvalue weighted by atomic mass is 9.83. The first-order valence-electron chi connectivity index (χ1n) is 8.17. The molecule has 0 atom stereocenters. The van der Waals surface area contributed by atoms with Gasteiger partial charge in [0, 0.05) is 19.7 Å². The highest BCUT2D eigenvalue weighted by atomic mass is 16.5. The third kappa shape index (κ3) is 7.91. The van der Waals surface area contributed by atoms with E-state index in [4.69, 9.17) is 4.74 Å². The molecule has 0 saturated heterocycles. The second kappa shape index (κ2) is 10.6. The molecule has 0 amide bonds. The Morgan fingerprint density at radius 2 is 1.89 bits per heavy atom. The normalized spacial score (nSPS) is 24.0. The van der Waals surface area contributed by atoms with E-state index in [2.05, 4.69) is 24.2 Å². The molecule has 19 heavy (non-hydrogen) atoms. The van der Waals surface area contributed by atoms with Crippen molar-refractivity contribution in [3.63, 3.8) is 0 Å². The van der Waals surface area contributed by atoms with Crippen molar-refractivity contribution >= 4 is 0 Å². The van der Waals surface area contributed by atoms with Crippen molar-refractivity contribution in [2.24, 2.45) is 5.92 Å². The molecule has 0 aromatic carbocycles. The van der Waals surface area contributed by atoms with E-state index in [-0.39, 0.29) is 0 Å². The SMILES string of the molecule is CCCC1CCC(NCCCN(C)CCOC)CC1. The summed E-state index contributed by atoms with van der Waals surface area (Å²) in [5, 5.41) is 3.74. The predicted molar refractivity (Wildman–Crippen MR) is 82.6 cm³/mol. The fourth-order valence-electron chi connectivity index (χ4n) is 3.08. The molecule has 0 spiro atoms. The second-order valence-corrected chi connectivity index (χ2v) is 6.11. The van der Waals surface area contributed by atoms with Crippen LogP contribution in [0.25, 0.3) is 0 Å². The number of nitrogens with zero attached hydrogens (tertiary/aromatic N) is 1. The minimum atomic E-state index is 0.789. The van der Waals surface area contributed by atoms with Crippen molar-refractivity contribution < 1.29 is 4.74 Å². The van der Waals surface area contributed by atoms with Crippen LogP contribution in [0.2, 0.25) is 0 Å². The van der Waals surface area contributed by atoms with Crippen LogP contribution in [0.15, 0.2) is 0 Å². The summed E-state index contributed by atoms with van der Waals surface area (Å²) in [6.07, 6.45) is 9.72. The molecule has 0 aliphatic heterocycles. The molecule has 3 heteroatoms.